The number of nitrogens with one attached hydrogen (secondary N) is 1. The molecule has 0 spiro atoms. The molecule has 1 aromatic heterocycles. The molecule has 1 aliphatic heterocycles. The summed E-state index contributed by atoms with van der Waals surface area (Å²) in [5.74, 6) is -2.05. The Bertz CT molecular complexity index is 1210. The van der Waals surface area contributed by atoms with Crippen LogP contribution < -0.4 is 5.32 Å². The van der Waals surface area contributed by atoms with Gasteiger partial charge in [-0.3, -0.25) is 14.9 Å². The van der Waals surface area contributed by atoms with E-state index in [1.807, 2.05) is 36.4 Å². The number of likely N-dealkylation sites (tertiary alicyclic amines) is 1. The zero-order valence-electron chi connectivity index (χ0n) is 18.3. The van der Waals surface area contributed by atoms with Crippen LogP contribution in [0.5, 0.6) is 0 Å². The maximum absolute atomic E-state index is 12.7. The minimum Gasteiger partial charge on any atom is -0.481 e. The Kier molecular flexibility index (Phi) is 5.75. The summed E-state index contributed by atoms with van der Waals surface area (Å²) in [6.45, 7) is 0.713. The summed E-state index contributed by atoms with van der Waals surface area (Å²) in [5, 5.41) is 15.4. The minimum absolute atomic E-state index is 0.0000126. The van der Waals surface area contributed by atoms with Crippen LogP contribution in [-0.4, -0.2) is 52.8 Å². The summed E-state index contributed by atoms with van der Waals surface area (Å²) in [7, 11) is 0. The van der Waals surface area contributed by atoms with Gasteiger partial charge < -0.3 is 19.3 Å². The van der Waals surface area contributed by atoms with Crippen LogP contribution in [0.2, 0.25) is 0 Å². The molecule has 34 heavy (non-hydrogen) atoms. The monoisotopic (exact) mass is 461 g/mol. The summed E-state index contributed by atoms with van der Waals surface area (Å²) in [6, 6.07) is 17.4. The molecule has 2 N–H and O–H groups in total. The molecule has 5 rings (SSSR count). The van der Waals surface area contributed by atoms with Crippen molar-refractivity contribution in [2.45, 2.75) is 18.8 Å². The number of rotatable bonds is 5. The van der Waals surface area contributed by atoms with Crippen molar-refractivity contribution in [1.29, 1.82) is 0 Å². The van der Waals surface area contributed by atoms with Gasteiger partial charge in [0.1, 0.15) is 6.61 Å². The quantitative estimate of drug-likeness (QED) is 0.589. The van der Waals surface area contributed by atoms with E-state index in [9.17, 15) is 19.5 Å². The van der Waals surface area contributed by atoms with Crippen LogP contribution in [0, 0.1) is 5.92 Å². The van der Waals surface area contributed by atoms with Crippen molar-refractivity contribution in [2.24, 2.45) is 5.92 Å². The molecule has 1 atom stereocenters. The number of hydrogen-bond acceptors (Lipinski definition) is 6. The highest BCUT2D eigenvalue weighted by atomic mass is 16.6. The Morgan fingerprint density at radius 3 is 2.44 bits per heavy atom. The van der Waals surface area contributed by atoms with Gasteiger partial charge in [0, 0.05) is 25.1 Å². The van der Waals surface area contributed by atoms with Crippen molar-refractivity contribution < 1.29 is 28.8 Å². The minimum atomic E-state index is -0.921. The van der Waals surface area contributed by atoms with E-state index >= 15 is 0 Å². The lowest BCUT2D eigenvalue weighted by atomic mass is 9.98. The molecule has 1 aliphatic carbocycles. The average Bonchev–Trinajstić information content (AvgIpc) is 3.45. The lowest BCUT2D eigenvalue weighted by molar-refractivity contribution is -0.143. The van der Waals surface area contributed by atoms with Crippen molar-refractivity contribution >= 4 is 23.9 Å². The van der Waals surface area contributed by atoms with Crippen LogP contribution in [0.15, 0.2) is 59.1 Å². The van der Waals surface area contributed by atoms with Gasteiger partial charge in [-0.25, -0.2) is 4.79 Å². The average molecular weight is 461 g/mol. The first-order valence-electron chi connectivity index (χ1n) is 11.1. The maximum atomic E-state index is 12.7. The second-order valence-electron chi connectivity index (χ2n) is 8.46. The molecule has 9 heteroatoms. The maximum Gasteiger partial charge on any atom is 0.414 e. The highest BCUT2D eigenvalue weighted by molar-refractivity contribution is 5.94. The van der Waals surface area contributed by atoms with E-state index in [0.717, 1.165) is 22.3 Å². The zero-order valence-corrected chi connectivity index (χ0v) is 18.3. The number of nitrogens with zero attached hydrogens (tertiary/aromatic N) is 2. The number of benzene rings is 2. The van der Waals surface area contributed by atoms with Crippen LogP contribution in [-0.2, 0) is 9.53 Å². The number of anilines is 1. The van der Waals surface area contributed by atoms with Gasteiger partial charge >= 0.3 is 12.1 Å². The number of aliphatic carboxylic acids is 1. The largest absolute Gasteiger partial charge is 0.481 e. The highest BCUT2D eigenvalue weighted by Gasteiger charge is 2.31. The van der Waals surface area contributed by atoms with Crippen LogP contribution in [0.4, 0.5) is 10.7 Å². The fraction of sp³-hybridized carbons (Fsp3) is 0.280. The lowest BCUT2D eigenvalue weighted by Crippen LogP contribution is -2.42. The number of fused-ring (bicyclic) bond motifs is 3. The molecule has 1 unspecified atom stereocenters. The van der Waals surface area contributed by atoms with Crippen LogP contribution in [0.25, 0.3) is 11.1 Å². The topological polar surface area (TPSA) is 122 Å². The molecule has 0 radical (unpaired) electrons. The second kappa shape index (κ2) is 9.01. The molecule has 9 nitrogen and oxygen atoms in total. The Hall–Kier alpha value is -4.14. The van der Waals surface area contributed by atoms with Crippen molar-refractivity contribution in [3.05, 3.63) is 71.4 Å². The van der Waals surface area contributed by atoms with E-state index in [1.54, 1.807) is 0 Å². The predicted octanol–water partition coefficient (Wildman–Crippen LogP) is 3.97. The molecule has 3 aromatic rings. The summed E-state index contributed by atoms with van der Waals surface area (Å²) in [4.78, 5) is 37.8. The molecule has 2 aliphatic rings. The van der Waals surface area contributed by atoms with E-state index in [4.69, 9.17) is 9.26 Å². The number of carboxylic acid groups (broad SMARTS) is 1. The molecule has 1 fully saturated rings. The van der Waals surface area contributed by atoms with Crippen molar-refractivity contribution in [3.8, 4) is 11.1 Å². The second-order valence-corrected chi connectivity index (χ2v) is 8.46. The summed E-state index contributed by atoms with van der Waals surface area (Å²) >= 11 is 0. The van der Waals surface area contributed by atoms with Gasteiger partial charge in [-0.1, -0.05) is 53.7 Å². The summed E-state index contributed by atoms with van der Waals surface area (Å²) in [5.41, 5.74) is 4.47. The van der Waals surface area contributed by atoms with Crippen LogP contribution >= 0.6 is 0 Å². The molecular formula is C25H23N3O6. The molecular weight excluding hydrogens is 438 g/mol. The number of aromatic nitrogens is 1. The lowest BCUT2D eigenvalue weighted by Gasteiger charge is -2.29. The normalized spacial score (nSPS) is 17.1. The standard InChI is InChI=1S/C25H23N3O6/c29-23(28-11-5-6-15(13-28)24(30)31)21-12-22(34-27-21)26-25(32)33-14-20-18-9-3-1-7-16(18)17-8-2-4-10-19(17)20/h1-4,7-10,12,15,20H,5-6,11,13-14H2,(H,26,32)(H,30,31). The molecule has 2 heterocycles. The van der Waals surface area contributed by atoms with Crippen LogP contribution in [0.1, 0.15) is 40.4 Å². The zero-order chi connectivity index (χ0) is 23.7. The number of ether oxygens (including phenoxy) is 1. The third-order valence-corrected chi connectivity index (χ3v) is 6.36. The number of carboxylic acids is 1. The van der Waals surface area contributed by atoms with E-state index in [0.29, 0.717) is 19.4 Å². The van der Waals surface area contributed by atoms with Gasteiger partial charge in [0.15, 0.2) is 5.69 Å². The van der Waals surface area contributed by atoms with E-state index < -0.39 is 23.9 Å². The molecule has 0 saturated carbocycles. The van der Waals surface area contributed by atoms with Gasteiger partial charge in [0.25, 0.3) is 5.91 Å². The fourth-order valence-electron chi connectivity index (χ4n) is 4.70. The third-order valence-electron chi connectivity index (χ3n) is 6.36. The van der Waals surface area contributed by atoms with Gasteiger partial charge in [-0.15, -0.1) is 0 Å². The number of hydrogen-bond donors (Lipinski definition) is 2. The SMILES string of the molecule is O=C(Nc1cc(C(=O)N2CCCC(C(=O)O)C2)no1)OCC1c2ccccc2-c2ccccc21. The molecule has 0 bridgehead atoms. The van der Waals surface area contributed by atoms with Crippen molar-refractivity contribution in [1.82, 2.24) is 10.1 Å². The first-order chi connectivity index (χ1) is 16.5. The molecule has 1 saturated heterocycles. The van der Waals surface area contributed by atoms with Gasteiger partial charge in [-0.2, -0.15) is 0 Å². The molecule has 174 valence electrons. The molecule has 2 amide bonds. The van der Waals surface area contributed by atoms with Crippen molar-refractivity contribution in [3.63, 3.8) is 0 Å². The first kappa shape index (κ1) is 21.7. The van der Waals surface area contributed by atoms with Gasteiger partial charge in [0.05, 0.1) is 5.92 Å². The van der Waals surface area contributed by atoms with Crippen LogP contribution in [0.3, 0.4) is 0 Å². The molecule has 2 aromatic carbocycles. The van der Waals surface area contributed by atoms with E-state index in [1.165, 1.54) is 11.0 Å². The number of amides is 2. The number of piperidine rings is 1. The third kappa shape index (κ3) is 4.12. The fourth-order valence-corrected chi connectivity index (χ4v) is 4.70. The van der Waals surface area contributed by atoms with Crippen molar-refractivity contribution in [2.75, 3.05) is 25.0 Å². The number of carbonyl (C=O) groups excluding carboxylic acids is 2. The smallest absolute Gasteiger partial charge is 0.414 e. The summed E-state index contributed by atoms with van der Waals surface area (Å²) in [6.07, 6.45) is 0.415. The van der Waals surface area contributed by atoms with E-state index in [2.05, 4.69) is 22.6 Å². The number of carbonyl (C=O) groups is 3. The Morgan fingerprint density at radius 2 is 1.76 bits per heavy atom. The predicted molar refractivity (Wildman–Crippen MR) is 121 cm³/mol. The summed E-state index contributed by atoms with van der Waals surface area (Å²) < 4.78 is 10.6. The highest BCUT2D eigenvalue weighted by Crippen LogP contribution is 2.44. The Morgan fingerprint density at radius 1 is 1.09 bits per heavy atom. The first-order valence-corrected chi connectivity index (χ1v) is 11.1. The Balaban J connectivity index is 1.20. The van der Waals surface area contributed by atoms with Gasteiger partial charge in [-0.05, 0) is 35.1 Å². The Labute approximate surface area is 195 Å². The van der Waals surface area contributed by atoms with E-state index in [-0.39, 0.29) is 30.6 Å². The van der Waals surface area contributed by atoms with Gasteiger partial charge in [0.2, 0.25) is 5.88 Å².